The van der Waals surface area contributed by atoms with Gasteiger partial charge in [-0.05, 0) is 30.2 Å². The van der Waals surface area contributed by atoms with Crippen LogP contribution in [0.15, 0.2) is 12.1 Å². The minimum absolute atomic E-state index is 0.303. The summed E-state index contributed by atoms with van der Waals surface area (Å²) in [5.41, 5.74) is -3.90. The highest BCUT2D eigenvalue weighted by Crippen LogP contribution is 2.39. The van der Waals surface area contributed by atoms with Crippen LogP contribution in [0, 0.1) is 18.3 Å². The quantitative estimate of drug-likeness (QED) is 0.703. The minimum Gasteiger partial charge on any atom is -0.198 e. The van der Waals surface area contributed by atoms with Crippen molar-refractivity contribution in [3.8, 4) is 6.07 Å². The van der Waals surface area contributed by atoms with Crippen LogP contribution in [-0.2, 0) is 18.8 Å². The van der Waals surface area contributed by atoms with Crippen molar-refractivity contribution in [2.24, 2.45) is 0 Å². The van der Waals surface area contributed by atoms with Gasteiger partial charge in [0.1, 0.15) is 0 Å². The zero-order valence-corrected chi connectivity index (χ0v) is 9.08. The van der Waals surface area contributed by atoms with E-state index in [1.54, 1.807) is 0 Å². The molecule has 0 N–H and O–H groups in total. The fourth-order valence-electron chi connectivity index (χ4n) is 1.56. The standard InChI is InChI=1S/C11H7F6N/c1-6-8(10(12,13)14)4-7(2-3-18)5-9(6)11(15,16)17/h4-5H,2H2,1H3. The minimum atomic E-state index is -4.88. The molecule has 0 saturated carbocycles. The number of halogens is 6. The lowest BCUT2D eigenvalue weighted by Gasteiger charge is -2.17. The Labute approximate surface area is 98.6 Å². The first-order chi connectivity index (χ1) is 8.07. The van der Waals surface area contributed by atoms with E-state index in [2.05, 4.69) is 0 Å². The molecule has 1 aromatic rings. The number of nitrogens with zero attached hydrogens (tertiary/aromatic N) is 1. The number of hydrogen-bond acceptors (Lipinski definition) is 1. The Morgan fingerprint density at radius 1 is 1.00 bits per heavy atom. The van der Waals surface area contributed by atoms with Crippen LogP contribution < -0.4 is 0 Å². The predicted octanol–water partition coefficient (Wildman–Crippen LogP) is 4.10. The van der Waals surface area contributed by atoms with Crippen molar-refractivity contribution in [2.75, 3.05) is 0 Å². The Morgan fingerprint density at radius 3 is 1.67 bits per heavy atom. The van der Waals surface area contributed by atoms with Crippen molar-refractivity contribution >= 4 is 0 Å². The molecule has 0 aliphatic heterocycles. The van der Waals surface area contributed by atoms with Crippen molar-refractivity contribution in [3.63, 3.8) is 0 Å². The molecule has 1 aromatic carbocycles. The third kappa shape index (κ3) is 2.94. The highest BCUT2D eigenvalue weighted by atomic mass is 19.4. The first-order valence-electron chi connectivity index (χ1n) is 4.72. The van der Waals surface area contributed by atoms with Gasteiger partial charge < -0.3 is 0 Å². The molecule has 0 radical (unpaired) electrons. The summed E-state index contributed by atoms with van der Waals surface area (Å²) < 4.78 is 75.5. The van der Waals surface area contributed by atoms with E-state index < -0.39 is 35.5 Å². The molecule has 1 rings (SSSR count). The molecule has 1 nitrogen and oxygen atoms in total. The Morgan fingerprint density at radius 2 is 1.39 bits per heavy atom. The third-order valence-corrected chi connectivity index (χ3v) is 2.36. The second-order valence-corrected chi connectivity index (χ2v) is 3.65. The van der Waals surface area contributed by atoms with Gasteiger partial charge in [0, 0.05) is 0 Å². The van der Waals surface area contributed by atoms with E-state index in [1.165, 1.54) is 6.07 Å². The van der Waals surface area contributed by atoms with Crippen molar-refractivity contribution in [3.05, 3.63) is 34.4 Å². The molecular weight excluding hydrogens is 260 g/mol. The third-order valence-electron chi connectivity index (χ3n) is 2.36. The summed E-state index contributed by atoms with van der Waals surface area (Å²) in [5, 5.41) is 8.36. The maximum Gasteiger partial charge on any atom is 0.416 e. The van der Waals surface area contributed by atoms with Crippen molar-refractivity contribution < 1.29 is 26.3 Å². The summed E-state index contributed by atoms with van der Waals surface area (Å²) in [5.74, 6) is 0. The molecule has 98 valence electrons. The number of benzene rings is 1. The summed E-state index contributed by atoms with van der Waals surface area (Å²) in [6.07, 6.45) is -10.3. The van der Waals surface area contributed by atoms with Crippen LogP contribution in [-0.4, -0.2) is 0 Å². The fourth-order valence-corrected chi connectivity index (χ4v) is 1.56. The van der Waals surface area contributed by atoms with Gasteiger partial charge >= 0.3 is 12.4 Å². The molecule has 0 aliphatic rings. The van der Waals surface area contributed by atoms with Crippen LogP contribution in [0.1, 0.15) is 22.3 Å². The Balaban J connectivity index is 3.55. The Hall–Kier alpha value is -1.71. The maximum absolute atomic E-state index is 12.6. The van der Waals surface area contributed by atoms with E-state index in [0.717, 1.165) is 6.92 Å². The van der Waals surface area contributed by atoms with E-state index in [-0.39, 0.29) is 5.56 Å². The van der Waals surface area contributed by atoms with E-state index in [1.807, 2.05) is 0 Å². The molecule has 0 fully saturated rings. The van der Waals surface area contributed by atoms with E-state index >= 15 is 0 Å². The topological polar surface area (TPSA) is 23.8 Å². The van der Waals surface area contributed by atoms with Gasteiger partial charge in [-0.2, -0.15) is 31.6 Å². The largest absolute Gasteiger partial charge is 0.416 e. The monoisotopic (exact) mass is 267 g/mol. The highest BCUT2D eigenvalue weighted by molar-refractivity contribution is 5.42. The van der Waals surface area contributed by atoms with Crippen LogP contribution in [0.4, 0.5) is 26.3 Å². The van der Waals surface area contributed by atoms with Crippen LogP contribution in [0.3, 0.4) is 0 Å². The van der Waals surface area contributed by atoms with Crippen LogP contribution in [0.5, 0.6) is 0 Å². The van der Waals surface area contributed by atoms with E-state index in [4.69, 9.17) is 5.26 Å². The highest BCUT2D eigenvalue weighted by Gasteiger charge is 2.39. The van der Waals surface area contributed by atoms with Gasteiger partial charge in [-0.3, -0.25) is 0 Å². The number of nitriles is 1. The van der Waals surface area contributed by atoms with Crippen LogP contribution >= 0.6 is 0 Å². The second-order valence-electron chi connectivity index (χ2n) is 3.65. The van der Waals surface area contributed by atoms with Gasteiger partial charge in [-0.15, -0.1) is 0 Å². The predicted molar refractivity (Wildman–Crippen MR) is 50.5 cm³/mol. The zero-order valence-electron chi connectivity index (χ0n) is 9.08. The lowest BCUT2D eigenvalue weighted by Crippen LogP contribution is -2.15. The summed E-state index contributed by atoms with van der Waals surface area (Å²) >= 11 is 0. The van der Waals surface area contributed by atoms with Crippen molar-refractivity contribution in [1.29, 1.82) is 5.26 Å². The van der Waals surface area contributed by atoms with Crippen molar-refractivity contribution in [2.45, 2.75) is 25.7 Å². The van der Waals surface area contributed by atoms with Gasteiger partial charge in [-0.1, -0.05) is 0 Å². The molecule has 0 saturated heterocycles. The molecule has 0 heterocycles. The van der Waals surface area contributed by atoms with Crippen molar-refractivity contribution in [1.82, 2.24) is 0 Å². The van der Waals surface area contributed by atoms with Crippen LogP contribution in [0.25, 0.3) is 0 Å². The number of hydrogen-bond donors (Lipinski definition) is 0. The Bertz CT molecular complexity index is 457. The second kappa shape index (κ2) is 4.52. The summed E-state index contributed by atoms with van der Waals surface area (Å²) in [6, 6.07) is 2.68. The van der Waals surface area contributed by atoms with Crippen LogP contribution in [0.2, 0.25) is 0 Å². The fraction of sp³-hybridized carbons (Fsp3) is 0.364. The molecular formula is C11H7F6N. The van der Waals surface area contributed by atoms with Gasteiger partial charge in [0.15, 0.2) is 0 Å². The average molecular weight is 267 g/mol. The first kappa shape index (κ1) is 14.4. The SMILES string of the molecule is Cc1c(C(F)(F)F)cc(CC#N)cc1C(F)(F)F. The van der Waals surface area contributed by atoms with Gasteiger partial charge in [0.2, 0.25) is 0 Å². The Kier molecular flexibility index (Phi) is 3.60. The average Bonchev–Trinajstić information content (AvgIpc) is 2.17. The maximum atomic E-state index is 12.6. The molecule has 0 unspecified atom stereocenters. The molecule has 0 aliphatic carbocycles. The number of alkyl halides is 6. The summed E-state index contributed by atoms with van der Waals surface area (Å²) in [6.45, 7) is 0.766. The normalized spacial score (nSPS) is 12.3. The first-order valence-corrected chi connectivity index (χ1v) is 4.72. The van der Waals surface area contributed by atoms with E-state index in [0.29, 0.717) is 12.1 Å². The number of rotatable bonds is 1. The molecule has 18 heavy (non-hydrogen) atoms. The molecule has 0 bridgehead atoms. The molecule has 0 spiro atoms. The molecule has 0 aromatic heterocycles. The van der Waals surface area contributed by atoms with Gasteiger partial charge in [-0.25, -0.2) is 0 Å². The molecule has 0 amide bonds. The molecule has 7 heteroatoms. The summed E-state index contributed by atoms with van der Waals surface area (Å²) in [7, 11) is 0. The van der Waals surface area contributed by atoms with Gasteiger partial charge in [0.25, 0.3) is 0 Å². The zero-order chi connectivity index (χ0) is 14.1. The lowest BCUT2D eigenvalue weighted by atomic mass is 9.96. The summed E-state index contributed by atoms with van der Waals surface area (Å²) in [4.78, 5) is 0. The molecule has 0 atom stereocenters. The lowest BCUT2D eigenvalue weighted by molar-refractivity contribution is -0.144. The van der Waals surface area contributed by atoms with E-state index in [9.17, 15) is 26.3 Å². The van der Waals surface area contributed by atoms with Gasteiger partial charge in [0.05, 0.1) is 23.6 Å². The smallest absolute Gasteiger partial charge is 0.198 e.